The highest BCUT2D eigenvalue weighted by molar-refractivity contribution is 6.51. The lowest BCUT2D eigenvalue weighted by atomic mass is 9.94. The normalized spacial score (nSPS) is 17.6. The lowest BCUT2D eigenvalue weighted by Gasteiger charge is -2.27. The van der Waals surface area contributed by atoms with Gasteiger partial charge in [-0.1, -0.05) is 60.2 Å². The van der Waals surface area contributed by atoms with E-state index in [1.54, 1.807) is 12.1 Å². The molecular formula is C27H25NO4. The van der Waals surface area contributed by atoms with E-state index in [2.05, 4.69) is 0 Å². The van der Waals surface area contributed by atoms with Gasteiger partial charge in [0.1, 0.15) is 11.5 Å². The van der Waals surface area contributed by atoms with Crippen LogP contribution in [0.25, 0.3) is 5.76 Å². The third-order valence-electron chi connectivity index (χ3n) is 5.65. The maximum Gasteiger partial charge on any atom is 0.300 e. The van der Waals surface area contributed by atoms with E-state index < -0.39 is 17.7 Å². The topological polar surface area (TPSA) is 66.8 Å². The number of anilines is 1. The predicted octanol–water partition coefficient (Wildman–Crippen LogP) is 5.33. The van der Waals surface area contributed by atoms with Crippen molar-refractivity contribution in [1.29, 1.82) is 0 Å². The second-order valence-electron chi connectivity index (χ2n) is 7.82. The zero-order valence-electron chi connectivity index (χ0n) is 18.3. The first kappa shape index (κ1) is 21.4. The van der Waals surface area contributed by atoms with Crippen LogP contribution in [-0.2, 0) is 9.59 Å². The first-order chi connectivity index (χ1) is 15.4. The first-order valence-electron chi connectivity index (χ1n) is 10.6. The van der Waals surface area contributed by atoms with Crippen LogP contribution in [0.15, 0.2) is 78.4 Å². The van der Waals surface area contributed by atoms with E-state index in [0.29, 0.717) is 29.2 Å². The van der Waals surface area contributed by atoms with E-state index in [-0.39, 0.29) is 11.3 Å². The molecule has 0 radical (unpaired) electrons. The van der Waals surface area contributed by atoms with Gasteiger partial charge < -0.3 is 9.84 Å². The molecule has 0 aliphatic carbocycles. The van der Waals surface area contributed by atoms with Crippen LogP contribution < -0.4 is 9.64 Å². The molecule has 1 atom stereocenters. The minimum Gasteiger partial charge on any atom is -0.507 e. The van der Waals surface area contributed by atoms with Crippen LogP contribution in [0.2, 0.25) is 0 Å². The summed E-state index contributed by atoms with van der Waals surface area (Å²) >= 11 is 0. The monoisotopic (exact) mass is 427 g/mol. The van der Waals surface area contributed by atoms with Crippen LogP contribution >= 0.6 is 0 Å². The van der Waals surface area contributed by atoms with Crippen LogP contribution in [0.4, 0.5) is 5.69 Å². The van der Waals surface area contributed by atoms with Crippen molar-refractivity contribution in [2.24, 2.45) is 0 Å². The van der Waals surface area contributed by atoms with Gasteiger partial charge in [-0.2, -0.15) is 0 Å². The largest absolute Gasteiger partial charge is 0.507 e. The summed E-state index contributed by atoms with van der Waals surface area (Å²) in [5.74, 6) is -0.849. The molecule has 5 heteroatoms. The highest BCUT2D eigenvalue weighted by atomic mass is 16.5. The number of amides is 1. The molecule has 1 N–H and O–H groups in total. The Balaban J connectivity index is 1.92. The van der Waals surface area contributed by atoms with Crippen LogP contribution in [0.5, 0.6) is 5.75 Å². The molecule has 32 heavy (non-hydrogen) atoms. The molecule has 3 aromatic carbocycles. The van der Waals surface area contributed by atoms with Gasteiger partial charge in [-0.25, -0.2) is 0 Å². The molecule has 0 saturated carbocycles. The van der Waals surface area contributed by atoms with Gasteiger partial charge in [-0.05, 0) is 50.1 Å². The molecule has 1 fully saturated rings. The molecule has 0 spiro atoms. The summed E-state index contributed by atoms with van der Waals surface area (Å²) in [4.78, 5) is 27.9. The van der Waals surface area contributed by atoms with Gasteiger partial charge in [0.25, 0.3) is 11.7 Å². The molecule has 1 amide bonds. The number of Topliss-reactive ketones (excluding diaryl/α,β-unsaturated/α-hetero) is 1. The zero-order chi connectivity index (χ0) is 22.8. The molecule has 1 heterocycles. The number of nitrogens with zero attached hydrogens (tertiary/aromatic N) is 1. The fraction of sp³-hybridized carbons (Fsp3) is 0.185. The average Bonchev–Trinajstić information content (AvgIpc) is 3.05. The molecule has 1 unspecified atom stereocenters. The maximum atomic E-state index is 13.2. The molecule has 0 bridgehead atoms. The van der Waals surface area contributed by atoms with E-state index in [4.69, 9.17) is 4.74 Å². The lowest BCUT2D eigenvalue weighted by Crippen LogP contribution is -2.30. The van der Waals surface area contributed by atoms with Gasteiger partial charge in [-0.3, -0.25) is 14.5 Å². The highest BCUT2D eigenvalue weighted by Gasteiger charge is 2.47. The number of hydrogen-bond acceptors (Lipinski definition) is 4. The number of aliphatic hydroxyl groups is 1. The molecule has 5 nitrogen and oxygen atoms in total. The Morgan fingerprint density at radius 3 is 2.22 bits per heavy atom. The Bertz CT molecular complexity index is 1190. The fourth-order valence-electron chi connectivity index (χ4n) is 4.01. The molecule has 1 aliphatic heterocycles. The Hall–Kier alpha value is -3.86. The van der Waals surface area contributed by atoms with Gasteiger partial charge in [0.2, 0.25) is 0 Å². The molecule has 0 aromatic heterocycles. The minimum atomic E-state index is -0.756. The van der Waals surface area contributed by atoms with Crippen molar-refractivity contribution in [2.75, 3.05) is 11.5 Å². The van der Waals surface area contributed by atoms with Crippen molar-refractivity contribution in [3.8, 4) is 5.75 Å². The van der Waals surface area contributed by atoms with Crippen molar-refractivity contribution >= 4 is 23.1 Å². The first-order valence-corrected chi connectivity index (χ1v) is 10.6. The third kappa shape index (κ3) is 3.78. The number of carbonyl (C=O) groups is 2. The van der Waals surface area contributed by atoms with Gasteiger partial charge >= 0.3 is 0 Å². The van der Waals surface area contributed by atoms with E-state index in [1.807, 2.05) is 81.4 Å². The van der Waals surface area contributed by atoms with Gasteiger partial charge in [0.05, 0.1) is 18.2 Å². The number of benzene rings is 3. The average molecular weight is 428 g/mol. The van der Waals surface area contributed by atoms with Crippen molar-refractivity contribution in [2.45, 2.75) is 26.8 Å². The third-order valence-corrected chi connectivity index (χ3v) is 5.65. The summed E-state index contributed by atoms with van der Waals surface area (Å²) in [5, 5.41) is 11.2. The number of hydrogen-bond donors (Lipinski definition) is 1. The quantitative estimate of drug-likeness (QED) is 0.340. The minimum absolute atomic E-state index is 0.0752. The van der Waals surface area contributed by atoms with Crippen LogP contribution in [0, 0.1) is 13.8 Å². The SMILES string of the molecule is CCOc1ccc(C2/C(=C(\O)c3ccc(C)cc3)C(=O)C(=O)N2c2ccccc2C)cc1. The van der Waals surface area contributed by atoms with E-state index in [9.17, 15) is 14.7 Å². The lowest BCUT2D eigenvalue weighted by molar-refractivity contribution is -0.132. The summed E-state index contributed by atoms with van der Waals surface area (Å²) in [6.07, 6.45) is 0. The Labute approximate surface area is 187 Å². The Kier molecular flexibility index (Phi) is 5.82. The summed E-state index contributed by atoms with van der Waals surface area (Å²) in [6.45, 7) is 6.28. The molecule has 162 valence electrons. The van der Waals surface area contributed by atoms with Crippen molar-refractivity contribution < 1.29 is 19.4 Å². The molecular weight excluding hydrogens is 402 g/mol. The van der Waals surface area contributed by atoms with E-state index in [0.717, 1.165) is 11.1 Å². The second kappa shape index (κ2) is 8.71. The second-order valence-corrected chi connectivity index (χ2v) is 7.82. The van der Waals surface area contributed by atoms with Crippen LogP contribution in [0.1, 0.15) is 35.2 Å². The molecule has 4 rings (SSSR count). The van der Waals surface area contributed by atoms with E-state index >= 15 is 0 Å². The van der Waals surface area contributed by atoms with Gasteiger partial charge in [0, 0.05) is 11.3 Å². The fourth-order valence-corrected chi connectivity index (χ4v) is 4.01. The van der Waals surface area contributed by atoms with E-state index in [1.165, 1.54) is 4.90 Å². The summed E-state index contributed by atoms with van der Waals surface area (Å²) < 4.78 is 5.54. The standard InChI is InChI=1S/C27H25NO4/c1-4-32-21-15-13-19(14-16-21)24-23(25(29)20-11-9-17(2)10-12-20)26(30)27(31)28(24)22-8-6-5-7-18(22)3/h5-16,24,29H,4H2,1-3H3/b25-23+. The number of aliphatic hydroxyl groups excluding tert-OH is 1. The van der Waals surface area contributed by atoms with Crippen LogP contribution in [-0.4, -0.2) is 23.4 Å². The highest BCUT2D eigenvalue weighted by Crippen LogP contribution is 2.43. The number of ketones is 1. The number of para-hydroxylation sites is 1. The van der Waals surface area contributed by atoms with Crippen molar-refractivity contribution in [3.63, 3.8) is 0 Å². The molecule has 3 aromatic rings. The smallest absolute Gasteiger partial charge is 0.300 e. The predicted molar refractivity (Wildman–Crippen MR) is 125 cm³/mol. The number of aryl methyl sites for hydroxylation is 2. The van der Waals surface area contributed by atoms with Gasteiger partial charge in [-0.15, -0.1) is 0 Å². The Morgan fingerprint density at radius 2 is 1.59 bits per heavy atom. The van der Waals surface area contributed by atoms with Crippen LogP contribution in [0.3, 0.4) is 0 Å². The summed E-state index contributed by atoms with van der Waals surface area (Å²) in [6, 6.07) is 21.2. The number of rotatable bonds is 5. The van der Waals surface area contributed by atoms with Crippen molar-refractivity contribution in [1.82, 2.24) is 0 Å². The van der Waals surface area contributed by atoms with Gasteiger partial charge in [0.15, 0.2) is 0 Å². The van der Waals surface area contributed by atoms with Crippen molar-refractivity contribution in [3.05, 3.63) is 101 Å². The number of ether oxygens (including phenoxy) is 1. The molecule has 1 saturated heterocycles. The number of carbonyl (C=O) groups excluding carboxylic acids is 2. The summed E-state index contributed by atoms with van der Waals surface area (Å²) in [7, 11) is 0. The zero-order valence-corrected chi connectivity index (χ0v) is 18.3. The summed E-state index contributed by atoms with van der Waals surface area (Å²) in [5.41, 5.74) is 3.81. The Morgan fingerprint density at radius 1 is 0.938 bits per heavy atom. The maximum absolute atomic E-state index is 13.2. The molecule has 1 aliphatic rings.